The Bertz CT molecular complexity index is 831. The number of amides is 2. The Balaban J connectivity index is 1.35. The number of anilines is 3. The van der Waals surface area contributed by atoms with Crippen LogP contribution in [0.25, 0.3) is 0 Å². The van der Waals surface area contributed by atoms with Gasteiger partial charge < -0.3 is 20.0 Å². The quantitative estimate of drug-likeness (QED) is 0.852. The Kier molecular flexibility index (Phi) is 5.88. The number of carbonyl (C=O) groups excluding carboxylic acids is 1. The number of rotatable bonds is 3. The molecule has 1 aromatic heterocycles. The van der Waals surface area contributed by atoms with Crippen LogP contribution in [0.1, 0.15) is 31.7 Å². The lowest BCUT2D eigenvalue weighted by atomic mass is 10.1. The summed E-state index contributed by atoms with van der Waals surface area (Å²) in [5.41, 5.74) is 3.27. The van der Waals surface area contributed by atoms with Crippen LogP contribution >= 0.6 is 0 Å². The fourth-order valence-corrected chi connectivity index (χ4v) is 4.36. The van der Waals surface area contributed by atoms with E-state index >= 15 is 0 Å². The first kappa shape index (κ1) is 19.6. The van der Waals surface area contributed by atoms with Crippen LogP contribution in [-0.4, -0.2) is 54.7 Å². The summed E-state index contributed by atoms with van der Waals surface area (Å²) in [4.78, 5) is 24.0. The van der Waals surface area contributed by atoms with Crippen LogP contribution in [0.15, 0.2) is 42.6 Å². The lowest BCUT2D eigenvalue weighted by molar-refractivity contribution is 0.184. The van der Waals surface area contributed by atoms with E-state index in [0.29, 0.717) is 6.54 Å². The number of nitrogens with zero attached hydrogens (tertiary/aromatic N) is 4. The third-order valence-corrected chi connectivity index (χ3v) is 6.01. The fraction of sp³-hybridized carbons (Fsp3) is 0.478. The average molecular weight is 394 g/mol. The summed E-state index contributed by atoms with van der Waals surface area (Å²) in [6, 6.07) is 12.4. The molecule has 0 radical (unpaired) electrons. The van der Waals surface area contributed by atoms with E-state index in [-0.39, 0.29) is 12.1 Å². The lowest BCUT2D eigenvalue weighted by Gasteiger charge is -2.40. The highest BCUT2D eigenvalue weighted by atomic mass is 16.2. The van der Waals surface area contributed by atoms with E-state index in [9.17, 15) is 4.79 Å². The second kappa shape index (κ2) is 8.72. The Labute approximate surface area is 173 Å². The van der Waals surface area contributed by atoms with Gasteiger partial charge in [0.15, 0.2) is 0 Å². The number of carbonyl (C=O) groups is 1. The Morgan fingerprint density at radius 1 is 1.00 bits per heavy atom. The molecule has 2 amide bonds. The number of piperidine rings is 1. The van der Waals surface area contributed by atoms with Gasteiger partial charge in [0.25, 0.3) is 0 Å². The van der Waals surface area contributed by atoms with Crippen molar-refractivity contribution < 1.29 is 4.79 Å². The molecule has 1 aromatic carbocycles. The van der Waals surface area contributed by atoms with Gasteiger partial charge in [0.2, 0.25) is 0 Å². The highest BCUT2D eigenvalue weighted by Crippen LogP contribution is 2.23. The molecule has 0 aliphatic carbocycles. The average Bonchev–Trinajstić information content (AvgIpc) is 2.75. The van der Waals surface area contributed by atoms with Crippen molar-refractivity contribution in [3.63, 3.8) is 0 Å². The van der Waals surface area contributed by atoms with Crippen LogP contribution in [0.5, 0.6) is 0 Å². The normalized spacial score (nSPS) is 19.9. The fourth-order valence-electron chi connectivity index (χ4n) is 4.36. The van der Waals surface area contributed by atoms with Crippen LogP contribution in [0.4, 0.5) is 22.0 Å². The van der Waals surface area contributed by atoms with Crippen LogP contribution in [0, 0.1) is 6.92 Å². The smallest absolute Gasteiger partial charge is 0.322 e. The molecule has 4 rings (SSSR count). The molecule has 1 N–H and O–H groups in total. The van der Waals surface area contributed by atoms with Gasteiger partial charge in [-0.25, -0.2) is 9.78 Å². The van der Waals surface area contributed by atoms with Crippen molar-refractivity contribution in [3.05, 3.63) is 48.2 Å². The minimum Gasteiger partial charge on any atom is -0.372 e. The van der Waals surface area contributed by atoms with Gasteiger partial charge >= 0.3 is 6.03 Å². The van der Waals surface area contributed by atoms with Gasteiger partial charge in [-0.1, -0.05) is 6.07 Å². The molecule has 2 aliphatic rings. The molecule has 0 saturated carbocycles. The molecule has 2 aromatic rings. The van der Waals surface area contributed by atoms with Gasteiger partial charge in [-0.3, -0.25) is 0 Å². The zero-order chi connectivity index (χ0) is 20.2. The summed E-state index contributed by atoms with van der Waals surface area (Å²) in [5.74, 6) is 1.02. The second-order valence-electron chi connectivity index (χ2n) is 8.16. The first-order valence-corrected chi connectivity index (χ1v) is 10.7. The molecule has 1 atom stereocenters. The Morgan fingerprint density at radius 3 is 2.45 bits per heavy atom. The minimum absolute atomic E-state index is 0.0272. The Hall–Kier alpha value is -2.76. The van der Waals surface area contributed by atoms with Crippen molar-refractivity contribution in [2.24, 2.45) is 0 Å². The largest absolute Gasteiger partial charge is 0.372 e. The SMILES string of the molecule is Cc1cccnc1N1CCN(C(=O)Nc2ccc(N3CCCCC3)cc2)C(C)C1. The number of aromatic nitrogens is 1. The van der Waals surface area contributed by atoms with E-state index in [0.717, 1.165) is 37.7 Å². The molecule has 0 spiro atoms. The van der Waals surface area contributed by atoms with E-state index in [1.807, 2.05) is 29.3 Å². The number of benzene rings is 1. The molecule has 154 valence electrons. The first-order valence-electron chi connectivity index (χ1n) is 10.7. The number of pyridine rings is 1. The maximum atomic E-state index is 12.8. The van der Waals surface area contributed by atoms with Gasteiger partial charge in [0, 0.05) is 56.3 Å². The van der Waals surface area contributed by atoms with Crippen LogP contribution < -0.4 is 15.1 Å². The summed E-state index contributed by atoms with van der Waals surface area (Å²) in [7, 11) is 0. The van der Waals surface area contributed by atoms with E-state index in [1.165, 1.54) is 30.5 Å². The molecule has 1 unspecified atom stereocenters. The maximum Gasteiger partial charge on any atom is 0.322 e. The minimum atomic E-state index is -0.0272. The van der Waals surface area contributed by atoms with Crippen LogP contribution in [0.3, 0.4) is 0 Å². The molecular weight excluding hydrogens is 362 g/mol. The molecule has 2 fully saturated rings. The van der Waals surface area contributed by atoms with Gasteiger partial charge in [0.05, 0.1) is 0 Å². The van der Waals surface area contributed by atoms with E-state index in [1.54, 1.807) is 0 Å². The molecule has 0 bridgehead atoms. The number of nitrogens with one attached hydrogen (secondary N) is 1. The van der Waals surface area contributed by atoms with E-state index in [4.69, 9.17) is 0 Å². The number of aryl methyl sites for hydroxylation is 1. The number of hydrogen-bond acceptors (Lipinski definition) is 4. The second-order valence-corrected chi connectivity index (χ2v) is 8.16. The van der Waals surface area contributed by atoms with Crippen LogP contribution in [0.2, 0.25) is 0 Å². The first-order chi connectivity index (χ1) is 14.1. The number of piperazine rings is 1. The topological polar surface area (TPSA) is 51.7 Å². The lowest BCUT2D eigenvalue weighted by Crippen LogP contribution is -2.55. The van der Waals surface area contributed by atoms with Gasteiger partial charge in [-0.15, -0.1) is 0 Å². The molecular formula is C23H31N5O. The summed E-state index contributed by atoms with van der Waals surface area (Å²) in [5, 5.41) is 3.07. The van der Waals surface area contributed by atoms with Crippen molar-refractivity contribution >= 4 is 23.2 Å². The van der Waals surface area contributed by atoms with Crippen molar-refractivity contribution in [1.82, 2.24) is 9.88 Å². The highest BCUT2D eigenvalue weighted by molar-refractivity contribution is 5.90. The molecule has 6 nitrogen and oxygen atoms in total. The zero-order valence-electron chi connectivity index (χ0n) is 17.5. The van der Waals surface area contributed by atoms with Crippen molar-refractivity contribution in [2.75, 3.05) is 47.8 Å². The van der Waals surface area contributed by atoms with Gasteiger partial charge in [-0.2, -0.15) is 0 Å². The third kappa shape index (κ3) is 4.47. The monoisotopic (exact) mass is 393 g/mol. The van der Waals surface area contributed by atoms with Gasteiger partial charge in [-0.05, 0) is 69.0 Å². The predicted molar refractivity (Wildman–Crippen MR) is 119 cm³/mol. The predicted octanol–water partition coefficient (Wildman–Crippen LogP) is 4.12. The standard InChI is InChI=1S/C23H31N5O/c1-18-7-6-12-24-22(18)27-15-16-28(19(2)17-27)23(29)25-20-8-10-21(11-9-20)26-13-4-3-5-14-26/h6-12,19H,3-5,13-17H2,1-2H3,(H,25,29). The molecule has 3 heterocycles. The number of urea groups is 1. The van der Waals surface area contributed by atoms with Crippen molar-refractivity contribution in [1.29, 1.82) is 0 Å². The van der Waals surface area contributed by atoms with Gasteiger partial charge in [0.1, 0.15) is 5.82 Å². The highest BCUT2D eigenvalue weighted by Gasteiger charge is 2.28. The zero-order valence-corrected chi connectivity index (χ0v) is 17.5. The summed E-state index contributed by atoms with van der Waals surface area (Å²) in [6.45, 7) is 8.72. The van der Waals surface area contributed by atoms with Crippen molar-refractivity contribution in [2.45, 2.75) is 39.2 Å². The third-order valence-electron chi connectivity index (χ3n) is 6.01. The summed E-state index contributed by atoms with van der Waals surface area (Å²) >= 11 is 0. The van der Waals surface area contributed by atoms with Crippen molar-refractivity contribution in [3.8, 4) is 0 Å². The van der Waals surface area contributed by atoms with E-state index in [2.05, 4.69) is 52.1 Å². The maximum absolute atomic E-state index is 12.8. The van der Waals surface area contributed by atoms with Crippen LogP contribution in [-0.2, 0) is 0 Å². The summed E-state index contributed by atoms with van der Waals surface area (Å²) < 4.78 is 0. The molecule has 2 aliphatic heterocycles. The molecule has 2 saturated heterocycles. The molecule has 29 heavy (non-hydrogen) atoms. The van der Waals surface area contributed by atoms with E-state index < -0.39 is 0 Å². The number of hydrogen-bond donors (Lipinski definition) is 1. The molecule has 6 heteroatoms. The Morgan fingerprint density at radius 2 is 1.76 bits per heavy atom. The summed E-state index contributed by atoms with van der Waals surface area (Å²) in [6.07, 6.45) is 5.69.